The fraction of sp³-hybridized carbons (Fsp3) is 0.250. The zero-order valence-electron chi connectivity index (χ0n) is 18.8. The summed E-state index contributed by atoms with van der Waals surface area (Å²) in [5.74, 6) is 0.256. The largest absolute Gasteiger partial charge is 0.416 e. The van der Waals surface area contributed by atoms with E-state index >= 15 is 0 Å². The molecule has 0 atom stereocenters. The van der Waals surface area contributed by atoms with E-state index in [4.69, 9.17) is 0 Å². The summed E-state index contributed by atoms with van der Waals surface area (Å²) in [7, 11) is 1.55. The van der Waals surface area contributed by atoms with Crippen molar-refractivity contribution in [2.24, 2.45) is 4.99 Å². The third-order valence-corrected chi connectivity index (χ3v) is 5.67. The molecule has 0 fully saturated rings. The SMILES string of the molecule is CC1=C(C)N=C(NC(=O)N2CC(=O)N(C)c3ccc(-c4cccc(C(F)(F)F)c4)nc32)CC=C1. The van der Waals surface area contributed by atoms with Gasteiger partial charge in [-0.25, -0.2) is 14.8 Å². The number of amidine groups is 1. The van der Waals surface area contributed by atoms with Crippen molar-refractivity contribution in [2.75, 3.05) is 23.4 Å². The summed E-state index contributed by atoms with van der Waals surface area (Å²) in [4.78, 5) is 37.1. The molecule has 1 aromatic carbocycles. The lowest BCUT2D eigenvalue weighted by atomic mass is 10.1. The molecule has 0 radical (unpaired) electrons. The average Bonchev–Trinajstić information content (AvgIpc) is 2.95. The summed E-state index contributed by atoms with van der Waals surface area (Å²) in [6.45, 7) is 3.47. The molecule has 2 aromatic rings. The number of amides is 3. The molecule has 0 spiro atoms. The van der Waals surface area contributed by atoms with Crippen LogP contribution in [0.4, 0.5) is 29.5 Å². The van der Waals surface area contributed by atoms with Crippen molar-refractivity contribution in [3.05, 3.63) is 65.4 Å². The molecular weight excluding hydrogens is 447 g/mol. The number of alkyl halides is 3. The first-order chi connectivity index (χ1) is 16.0. The molecule has 0 unspecified atom stereocenters. The number of benzene rings is 1. The molecule has 0 bridgehead atoms. The maximum absolute atomic E-state index is 13.2. The summed E-state index contributed by atoms with van der Waals surface area (Å²) < 4.78 is 39.5. The Labute approximate surface area is 194 Å². The summed E-state index contributed by atoms with van der Waals surface area (Å²) in [5, 5.41) is 2.74. The Bertz CT molecular complexity index is 1260. The number of carbonyl (C=O) groups excluding carboxylic acids is 2. The number of urea groups is 1. The van der Waals surface area contributed by atoms with E-state index in [1.165, 1.54) is 28.0 Å². The number of hydrogen-bond donors (Lipinski definition) is 1. The van der Waals surface area contributed by atoms with E-state index < -0.39 is 17.8 Å². The van der Waals surface area contributed by atoms with E-state index in [1.54, 1.807) is 13.1 Å². The van der Waals surface area contributed by atoms with Gasteiger partial charge in [-0.05, 0) is 43.7 Å². The third-order valence-electron chi connectivity index (χ3n) is 5.67. The number of halogens is 3. The highest BCUT2D eigenvalue weighted by molar-refractivity contribution is 6.13. The molecule has 34 heavy (non-hydrogen) atoms. The molecular formula is C24H22F3N5O2. The molecule has 4 rings (SSSR count). The van der Waals surface area contributed by atoms with Crippen LogP contribution in [-0.2, 0) is 11.0 Å². The van der Waals surface area contributed by atoms with Gasteiger partial charge in [0.1, 0.15) is 12.4 Å². The topological polar surface area (TPSA) is 77.9 Å². The van der Waals surface area contributed by atoms with Gasteiger partial charge in [-0.15, -0.1) is 0 Å². The van der Waals surface area contributed by atoms with Crippen molar-refractivity contribution in [2.45, 2.75) is 26.4 Å². The normalized spacial score (nSPS) is 16.3. The molecule has 2 aliphatic heterocycles. The highest BCUT2D eigenvalue weighted by Gasteiger charge is 2.34. The standard InChI is InChI=1S/C24H22F3N5O2/c1-14-6-4-9-20(28-15(14)2)30-23(34)32-13-21(33)31(3)19-11-10-18(29-22(19)32)16-7-5-8-17(12-16)24(25,26)27/h4-8,10-12H,9,13H2,1-3H3,(H,28,30,34). The number of nitrogens with one attached hydrogen (secondary N) is 1. The van der Waals surface area contributed by atoms with Gasteiger partial charge in [-0.3, -0.25) is 15.0 Å². The van der Waals surface area contributed by atoms with Crippen molar-refractivity contribution in [3.8, 4) is 11.3 Å². The van der Waals surface area contributed by atoms with Crippen LogP contribution >= 0.6 is 0 Å². The van der Waals surface area contributed by atoms with Crippen LogP contribution in [0.1, 0.15) is 25.8 Å². The summed E-state index contributed by atoms with van der Waals surface area (Å²) in [6, 6.07) is 7.28. The zero-order chi connectivity index (χ0) is 24.6. The maximum atomic E-state index is 13.2. The van der Waals surface area contributed by atoms with Gasteiger partial charge < -0.3 is 4.90 Å². The van der Waals surface area contributed by atoms with E-state index in [-0.39, 0.29) is 29.5 Å². The number of aliphatic imine (C=N–C) groups is 1. The molecule has 176 valence electrons. The Kier molecular flexibility index (Phi) is 5.99. The van der Waals surface area contributed by atoms with Crippen molar-refractivity contribution < 1.29 is 22.8 Å². The number of rotatable bonds is 1. The minimum Gasteiger partial charge on any atom is -0.311 e. The second kappa shape index (κ2) is 8.77. The predicted octanol–water partition coefficient (Wildman–Crippen LogP) is 4.91. The van der Waals surface area contributed by atoms with E-state index in [2.05, 4.69) is 15.3 Å². The fourth-order valence-corrected chi connectivity index (χ4v) is 3.61. The van der Waals surface area contributed by atoms with Crippen LogP contribution in [0.25, 0.3) is 11.3 Å². The van der Waals surface area contributed by atoms with Crippen molar-refractivity contribution >= 4 is 29.3 Å². The van der Waals surface area contributed by atoms with Crippen LogP contribution in [0.2, 0.25) is 0 Å². The fourth-order valence-electron chi connectivity index (χ4n) is 3.61. The van der Waals surface area contributed by atoms with Crippen LogP contribution in [0.5, 0.6) is 0 Å². The number of fused-ring (bicyclic) bond motifs is 1. The number of likely N-dealkylation sites (N-methyl/N-ethyl adjacent to an activating group) is 1. The Morgan fingerprint density at radius 2 is 1.91 bits per heavy atom. The minimum atomic E-state index is -4.50. The lowest BCUT2D eigenvalue weighted by Gasteiger charge is -2.33. The van der Waals surface area contributed by atoms with Crippen LogP contribution in [0, 0.1) is 0 Å². The molecule has 10 heteroatoms. The number of hydrogen-bond acceptors (Lipinski definition) is 4. The number of anilines is 2. The first-order valence-electron chi connectivity index (χ1n) is 10.5. The number of pyridine rings is 1. The summed E-state index contributed by atoms with van der Waals surface area (Å²) >= 11 is 0. The first-order valence-corrected chi connectivity index (χ1v) is 10.5. The van der Waals surface area contributed by atoms with Gasteiger partial charge in [0.15, 0.2) is 5.82 Å². The van der Waals surface area contributed by atoms with E-state index in [1.807, 2.05) is 26.0 Å². The lowest BCUT2D eigenvalue weighted by Crippen LogP contribution is -2.51. The monoisotopic (exact) mass is 469 g/mol. The van der Waals surface area contributed by atoms with E-state index in [0.717, 1.165) is 23.4 Å². The van der Waals surface area contributed by atoms with Gasteiger partial charge >= 0.3 is 12.2 Å². The van der Waals surface area contributed by atoms with Crippen LogP contribution in [-0.4, -0.2) is 36.4 Å². The Balaban J connectivity index is 1.70. The van der Waals surface area contributed by atoms with Gasteiger partial charge in [0.05, 0.1) is 16.9 Å². The highest BCUT2D eigenvalue weighted by Crippen LogP contribution is 2.36. The Morgan fingerprint density at radius 3 is 2.65 bits per heavy atom. The average molecular weight is 469 g/mol. The summed E-state index contributed by atoms with van der Waals surface area (Å²) in [6.07, 6.45) is -0.318. The highest BCUT2D eigenvalue weighted by atomic mass is 19.4. The van der Waals surface area contributed by atoms with Crippen molar-refractivity contribution in [1.29, 1.82) is 0 Å². The van der Waals surface area contributed by atoms with Crippen LogP contribution in [0.3, 0.4) is 0 Å². The zero-order valence-corrected chi connectivity index (χ0v) is 18.8. The lowest BCUT2D eigenvalue weighted by molar-refractivity contribution is -0.137. The van der Waals surface area contributed by atoms with Gasteiger partial charge in [0, 0.05) is 24.7 Å². The summed E-state index contributed by atoms with van der Waals surface area (Å²) in [5.41, 5.74) is 1.78. The van der Waals surface area contributed by atoms with E-state index in [9.17, 15) is 22.8 Å². The number of carbonyl (C=O) groups is 2. The van der Waals surface area contributed by atoms with Gasteiger partial charge in [-0.1, -0.05) is 24.3 Å². The van der Waals surface area contributed by atoms with E-state index in [0.29, 0.717) is 17.9 Å². The first kappa shape index (κ1) is 23.2. The molecule has 1 aromatic heterocycles. The van der Waals surface area contributed by atoms with Gasteiger partial charge in [0.25, 0.3) is 0 Å². The number of allylic oxidation sites excluding steroid dienone is 3. The minimum absolute atomic E-state index is 0.169. The third kappa shape index (κ3) is 4.57. The maximum Gasteiger partial charge on any atom is 0.416 e. The quantitative estimate of drug-likeness (QED) is 0.645. The van der Waals surface area contributed by atoms with Crippen molar-refractivity contribution in [3.63, 3.8) is 0 Å². The Hall–Kier alpha value is -3.95. The molecule has 1 N–H and O–H groups in total. The Morgan fingerprint density at radius 1 is 1.15 bits per heavy atom. The second-order valence-corrected chi connectivity index (χ2v) is 8.02. The molecule has 0 saturated carbocycles. The van der Waals surface area contributed by atoms with Crippen LogP contribution in [0.15, 0.2) is 64.8 Å². The number of aromatic nitrogens is 1. The molecule has 3 amide bonds. The molecule has 0 saturated heterocycles. The van der Waals surface area contributed by atoms with Crippen LogP contribution < -0.4 is 15.1 Å². The van der Waals surface area contributed by atoms with Gasteiger partial charge in [0.2, 0.25) is 5.91 Å². The molecule has 3 heterocycles. The smallest absolute Gasteiger partial charge is 0.311 e. The molecule has 0 aliphatic carbocycles. The molecule has 2 aliphatic rings. The molecule has 7 nitrogen and oxygen atoms in total. The second-order valence-electron chi connectivity index (χ2n) is 8.02. The number of nitrogens with zero attached hydrogens (tertiary/aromatic N) is 4. The van der Waals surface area contributed by atoms with Crippen molar-refractivity contribution in [1.82, 2.24) is 10.3 Å². The predicted molar refractivity (Wildman–Crippen MR) is 124 cm³/mol. The van der Waals surface area contributed by atoms with Gasteiger partial charge in [-0.2, -0.15) is 13.2 Å².